The Kier molecular flexibility index (Phi) is 10.2. The van der Waals surface area contributed by atoms with Gasteiger partial charge in [-0.25, -0.2) is 13.1 Å². The van der Waals surface area contributed by atoms with Crippen LogP contribution in [0.1, 0.15) is 35.7 Å². The Morgan fingerprint density at radius 2 is 1.64 bits per heavy atom. The molecule has 0 saturated heterocycles. The molecule has 4 aromatic rings. The summed E-state index contributed by atoms with van der Waals surface area (Å²) >= 11 is 0. The van der Waals surface area contributed by atoms with E-state index in [-0.39, 0.29) is 46.7 Å². The first-order valence-corrected chi connectivity index (χ1v) is 13.5. The van der Waals surface area contributed by atoms with E-state index >= 15 is 0 Å². The number of carbonyl (C=O) groups is 2. The summed E-state index contributed by atoms with van der Waals surface area (Å²) in [6, 6.07) is 19.0. The van der Waals surface area contributed by atoms with Crippen molar-refractivity contribution < 1.29 is 27.5 Å². The Hall–Kier alpha value is -3.37. The van der Waals surface area contributed by atoms with Crippen LogP contribution in [0.4, 0.5) is 0 Å². The van der Waals surface area contributed by atoms with Gasteiger partial charge in [0.05, 0.1) is 24.8 Å². The van der Waals surface area contributed by atoms with Crippen LogP contribution in [0.25, 0.3) is 28.2 Å². The number of benzene rings is 3. The zero-order valence-corrected chi connectivity index (χ0v) is 25.1. The first-order chi connectivity index (χ1) is 18.2. The second-order valence-electron chi connectivity index (χ2n) is 8.57. The van der Waals surface area contributed by atoms with Crippen LogP contribution in [0.5, 0.6) is 11.5 Å². The minimum absolute atomic E-state index is 0. The third-order valence-electron chi connectivity index (χ3n) is 5.96. The molecule has 1 radical (unpaired) electrons. The van der Waals surface area contributed by atoms with Gasteiger partial charge in [-0.2, -0.15) is 0 Å². The summed E-state index contributed by atoms with van der Waals surface area (Å²) in [6.07, 6.45) is 3.68. The van der Waals surface area contributed by atoms with Gasteiger partial charge in [0, 0.05) is 69.6 Å². The first-order valence-electron chi connectivity index (χ1n) is 12.0. The van der Waals surface area contributed by atoms with E-state index in [1.165, 1.54) is 37.5 Å². The number of ketones is 1. The van der Waals surface area contributed by atoms with Gasteiger partial charge in [-0.15, -0.1) is 0 Å². The molecule has 1 aromatic heterocycles. The van der Waals surface area contributed by atoms with E-state index in [1.807, 2.05) is 41.1 Å². The average Bonchev–Trinajstić information content (AvgIpc) is 3.35. The maximum Gasteiger partial charge on any atom is 0.264 e. The third kappa shape index (κ3) is 6.99. The molecule has 0 aliphatic carbocycles. The maximum atomic E-state index is 12.9. The molecule has 0 bridgehead atoms. The molecule has 0 spiro atoms. The number of aromatic amines is 1. The summed E-state index contributed by atoms with van der Waals surface area (Å²) in [5, 5.41) is 1.06. The molecule has 0 unspecified atom stereocenters. The van der Waals surface area contributed by atoms with Gasteiger partial charge in [-0.1, -0.05) is 25.1 Å². The van der Waals surface area contributed by atoms with Gasteiger partial charge in [0.2, 0.25) is 5.91 Å². The van der Waals surface area contributed by atoms with Crippen molar-refractivity contribution in [1.29, 1.82) is 0 Å². The largest absolute Gasteiger partial charge is 0.496 e. The summed E-state index contributed by atoms with van der Waals surface area (Å²) in [5.74, 6) is 0.236. The smallest absolute Gasteiger partial charge is 0.264 e. The van der Waals surface area contributed by atoms with Crippen LogP contribution < -0.4 is 14.2 Å². The van der Waals surface area contributed by atoms with Crippen molar-refractivity contribution in [2.75, 3.05) is 14.2 Å². The molecule has 1 heterocycles. The number of rotatable bonds is 10. The van der Waals surface area contributed by atoms with Crippen molar-refractivity contribution in [2.45, 2.75) is 24.7 Å². The quantitative estimate of drug-likeness (QED) is 0.162. The summed E-state index contributed by atoms with van der Waals surface area (Å²) < 4.78 is 37.9. The minimum Gasteiger partial charge on any atom is -0.496 e. The second-order valence-corrected chi connectivity index (χ2v) is 10.2. The number of aromatic nitrogens is 1. The molecule has 0 atom stereocenters. The van der Waals surface area contributed by atoms with E-state index in [4.69, 9.17) is 9.47 Å². The van der Waals surface area contributed by atoms with Crippen LogP contribution in [0.3, 0.4) is 0 Å². The number of nitrogens with one attached hydrogen (secondary N) is 2. The van der Waals surface area contributed by atoms with Crippen molar-refractivity contribution in [3.63, 3.8) is 0 Å². The Balaban J connectivity index is 0.00000420. The summed E-state index contributed by atoms with van der Waals surface area (Å²) in [7, 11) is -0.877. The zero-order valence-electron chi connectivity index (χ0n) is 22.3. The molecule has 8 nitrogen and oxygen atoms in total. The van der Waals surface area contributed by atoms with E-state index < -0.39 is 15.9 Å². The standard InChI is InChI=1S/C29H28N2O6S.Na/c1-4-7-29(33)31-38(34,35)22-13-10-19(11-14-22)26(32)15-12-21-16-23(28(37-3)18-27(21)36-2)25-17-20-8-5-6-9-24(20)30-25;/h5-6,8-18,30H,4,7H2,1-3H3,(H,31,33);. The van der Waals surface area contributed by atoms with Gasteiger partial charge < -0.3 is 14.5 Å². The summed E-state index contributed by atoms with van der Waals surface area (Å²) in [6.45, 7) is 1.78. The number of H-pyrrole nitrogens is 1. The Bertz CT molecular complexity index is 1590. The maximum absolute atomic E-state index is 12.9. The first kappa shape index (κ1) is 30.2. The van der Waals surface area contributed by atoms with Crippen LogP contribution in [0.2, 0.25) is 0 Å². The van der Waals surface area contributed by atoms with Crippen molar-refractivity contribution in [1.82, 2.24) is 9.71 Å². The van der Waals surface area contributed by atoms with Gasteiger partial charge >= 0.3 is 0 Å². The molecule has 39 heavy (non-hydrogen) atoms. The Morgan fingerprint density at radius 1 is 0.949 bits per heavy atom. The fourth-order valence-corrected chi connectivity index (χ4v) is 5.04. The number of hydrogen-bond donors (Lipinski definition) is 2. The number of allylic oxidation sites excluding steroid dienone is 1. The van der Waals surface area contributed by atoms with E-state index in [9.17, 15) is 18.0 Å². The number of hydrogen-bond acceptors (Lipinski definition) is 6. The molecule has 2 N–H and O–H groups in total. The predicted octanol–water partition coefficient (Wildman–Crippen LogP) is 4.97. The van der Waals surface area contributed by atoms with E-state index in [2.05, 4.69) is 4.98 Å². The molecule has 0 aliphatic rings. The van der Waals surface area contributed by atoms with Crippen LogP contribution in [-0.2, 0) is 14.8 Å². The topological polar surface area (TPSA) is 115 Å². The van der Waals surface area contributed by atoms with E-state index in [1.54, 1.807) is 26.2 Å². The predicted molar refractivity (Wildman–Crippen MR) is 153 cm³/mol. The van der Waals surface area contributed by atoms with Crippen LogP contribution in [-0.4, -0.2) is 68.9 Å². The van der Waals surface area contributed by atoms with Gasteiger partial charge in [-0.3, -0.25) is 9.59 Å². The van der Waals surface area contributed by atoms with Crippen LogP contribution in [0.15, 0.2) is 77.7 Å². The van der Waals surface area contributed by atoms with E-state index in [0.29, 0.717) is 29.0 Å². The number of sulfonamides is 1. The van der Waals surface area contributed by atoms with Crippen molar-refractivity contribution in [3.8, 4) is 22.8 Å². The zero-order chi connectivity index (χ0) is 27.3. The number of methoxy groups -OCH3 is 2. The Morgan fingerprint density at radius 3 is 2.28 bits per heavy atom. The average molecular weight is 556 g/mol. The fraction of sp³-hybridized carbons (Fsp3) is 0.172. The van der Waals surface area contributed by atoms with Crippen molar-refractivity contribution in [3.05, 3.63) is 83.9 Å². The monoisotopic (exact) mass is 555 g/mol. The molecule has 0 fully saturated rings. The summed E-state index contributed by atoms with van der Waals surface area (Å²) in [5.41, 5.74) is 3.60. The van der Waals surface area contributed by atoms with Gasteiger partial charge in [0.15, 0.2) is 5.78 Å². The molecule has 4 rings (SSSR count). The summed E-state index contributed by atoms with van der Waals surface area (Å²) in [4.78, 5) is 27.9. The molecule has 0 saturated carbocycles. The number of fused-ring (bicyclic) bond motifs is 1. The van der Waals surface area contributed by atoms with Gasteiger partial charge in [0.1, 0.15) is 11.5 Å². The Labute approximate surface area is 249 Å². The van der Waals surface area contributed by atoms with Crippen LogP contribution >= 0.6 is 0 Å². The number of carbonyl (C=O) groups excluding carboxylic acids is 2. The van der Waals surface area contributed by atoms with Crippen molar-refractivity contribution in [2.24, 2.45) is 0 Å². The minimum atomic E-state index is -4.00. The van der Waals surface area contributed by atoms with Crippen LogP contribution in [0, 0.1) is 0 Å². The molecule has 10 heteroatoms. The third-order valence-corrected chi connectivity index (χ3v) is 7.35. The molecule has 3 aromatic carbocycles. The number of amides is 1. The molecule has 197 valence electrons. The van der Waals surface area contributed by atoms with Gasteiger partial charge in [-0.05, 0) is 61.0 Å². The SMILES string of the molecule is CCCC(=O)NS(=O)(=O)c1ccc(C(=O)C=Cc2cc(-c3cc4ccccc4[nH]3)c(OC)cc2OC)cc1.[Na]. The molecule has 0 aliphatic heterocycles. The number of para-hydroxylation sites is 1. The number of ether oxygens (including phenoxy) is 2. The molecular weight excluding hydrogens is 527 g/mol. The molecule has 1 amide bonds. The molecular formula is C29H28N2NaO6S. The van der Waals surface area contributed by atoms with Gasteiger partial charge in [0.25, 0.3) is 10.0 Å². The normalized spacial score (nSPS) is 11.3. The fourth-order valence-electron chi connectivity index (χ4n) is 4.03. The van der Waals surface area contributed by atoms with Crippen molar-refractivity contribution >= 4 is 68.2 Å². The second kappa shape index (κ2) is 13.1. The van der Waals surface area contributed by atoms with E-state index in [0.717, 1.165) is 22.2 Å².